The van der Waals surface area contributed by atoms with Gasteiger partial charge >= 0.3 is 0 Å². The van der Waals surface area contributed by atoms with Crippen LogP contribution >= 0.6 is 12.4 Å². The van der Waals surface area contributed by atoms with Gasteiger partial charge < -0.3 is 4.42 Å². The van der Waals surface area contributed by atoms with Crippen molar-refractivity contribution in [2.75, 3.05) is 0 Å². The van der Waals surface area contributed by atoms with Crippen LogP contribution in [0.15, 0.2) is 47.2 Å². The summed E-state index contributed by atoms with van der Waals surface area (Å²) in [5, 5.41) is 9.27. The van der Waals surface area contributed by atoms with E-state index in [1.54, 1.807) is 0 Å². The molecule has 0 radical (unpaired) electrons. The first-order valence-corrected chi connectivity index (χ1v) is 5.63. The van der Waals surface area contributed by atoms with Crippen molar-refractivity contribution in [1.29, 1.82) is 5.26 Å². The number of hydrogen-bond acceptors (Lipinski definition) is 3. The average Bonchev–Trinajstić information content (AvgIpc) is 2.87. The predicted molar refractivity (Wildman–Crippen MR) is 76.1 cm³/mol. The maximum Gasteiger partial charge on any atom is 0.182 e. The molecule has 94 valence electrons. The lowest BCUT2D eigenvalue weighted by Gasteiger charge is -2.07. The molecule has 0 N–H and O–H groups in total. The van der Waals surface area contributed by atoms with Gasteiger partial charge in [0.2, 0.25) is 0 Å². The van der Waals surface area contributed by atoms with Crippen molar-refractivity contribution in [3.63, 3.8) is 0 Å². The summed E-state index contributed by atoms with van der Waals surface area (Å²) in [4.78, 5) is 4.10. The summed E-state index contributed by atoms with van der Waals surface area (Å²) in [6, 6.07) is 14.1. The second kappa shape index (κ2) is 5.13. The largest absolute Gasteiger partial charge is 0.443 e. The Balaban J connectivity index is 0.00000133. The fourth-order valence-corrected chi connectivity index (χ4v) is 2.15. The summed E-state index contributed by atoms with van der Waals surface area (Å²) in [6.45, 7) is 1.94. The number of rotatable bonds is 1. The first kappa shape index (κ1) is 13.1. The van der Waals surface area contributed by atoms with Crippen LogP contribution in [-0.4, -0.2) is 4.98 Å². The van der Waals surface area contributed by atoms with E-state index in [4.69, 9.17) is 4.42 Å². The van der Waals surface area contributed by atoms with E-state index in [1.165, 1.54) is 6.39 Å². The van der Waals surface area contributed by atoms with E-state index in [9.17, 15) is 5.26 Å². The lowest BCUT2D eigenvalue weighted by molar-refractivity contribution is 0.602. The molecule has 2 aromatic carbocycles. The lowest BCUT2D eigenvalue weighted by atomic mass is 9.96. The van der Waals surface area contributed by atoms with Gasteiger partial charge in [0.25, 0.3) is 0 Å². The molecule has 0 aliphatic heterocycles. The first-order valence-electron chi connectivity index (χ1n) is 5.63. The van der Waals surface area contributed by atoms with Crippen LogP contribution in [0.2, 0.25) is 0 Å². The fraction of sp³-hybridized carbons (Fsp3) is 0.0667. The van der Waals surface area contributed by atoms with Crippen LogP contribution in [0, 0.1) is 18.3 Å². The Morgan fingerprint density at radius 1 is 1.21 bits per heavy atom. The second-order valence-corrected chi connectivity index (χ2v) is 4.10. The summed E-state index contributed by atoms with van der Waals surface area (Å²) in [5.41, 5.74) is 4.89. The van der Waals surface area contributed by atoms with E-state index in [-0.39, 0.29) is 12.4 Å². The Hall–Kier alpha value is -2.31. The summed E-state index contributed by atoms with van der Waals surface area (Å²) < 4.78 is 5.32. The molecule has 0 aliphatic carbocycles. The zero-order chi connectivity index (χ0) is 12.5. The number of nitrogens with zero attached hydrogens (tertiary/aromatic N) is 2. The van der Waals surface area contributed by atoms with Crippen molar-refractivity contribution in [3.8, 4) is 17.2 Å². The molecular formula is C15H11ClN2O. The van der Waals surface area contributed by atoms with Gasteiger partial charge in [-0.05, 0) is 29.7 Å². The molecule has 3 nitrogen and oxygen atoms in total. The van der Waals surface area contributed by atoms with Crippen LogP contribution in [0.5, 0.6) is 0 Å². The Labute approximate surface area is 116 Å². The number of oxazole rings is 1. The number of halogens is 1. The molecule has 1 aromatic heterocycles. The number of aromatic nitrogens is 1. The molecule has 19 heavy (non-hydrogen) atoms. The lowest BCUT2D eigenvalue weighted by Crippen LogP contribution is -1.90. The third-order valence-corrected chi connectivity index (χ3v) is 3.08. The van der Waals surface area contributed by atoms with Crippen molar-refractivity contribution in [1.82, 2.24) is 4.98 Å². The molecule has 0 fully saturated rings. The fourth-order valence-electron chi connectivity index (χ4n) is 2.15. The minimum atomic E-state index is 0. The molecule has 3 rings (SSSR count). The Bertz CT molecular complexity index is 757. The summed E-state index contributed by atoms with van der Waals surface area (Å²) in [5.74, 6) is 0. The Morgan fingerprint density at radius 2 is 1.95 bits per heavy atom. The molecule has 1 heterocycles. The summed E-state index contributed by atoms with van der Waals surface area (Å²) in [6.07, 6.45) is 1.37. The van der Waals surface area contributed by atoms with Crippen molar-refractivity contribution in [2.24, 2.45) is 0 Å². The van der Waals surface area contributed by atoms with Gasteiger partial charge in [-0.3, -0.25) is 0 Å². The van der Waals surface area contributed by atoms with Crippen molar-refractivity contribution < 1.29 is 4.42 Å². The highest BCUT2D eigenvalue weighted by Gasteiger charge is 2.13. The van der Waals surface area contributed by atoms with E-state index in [1.807, 2.05) is 43.3 Å². The van der Waals surface area contributed by atoms with E-state index in [0.29, 0.717) is 16.7 Å². The average molecular weight is 271 g/mol. The van der Waals surface area contributed by atoms with Gasteiger partial charge in [0.15, 0.2) is 12.0 Å². The number of hydrogen-bond donors (Lipinski definition) is 0. The summed E-state index contributed by atoms with van der Waals surface area (Å²) >= 11 is 0. The molecule has 0 atom stereocenters. The van der Waals surface area contributed by atoms with Crippen LogP contribution in [0.1, 0.15) is 11.1 Å². The molecular weight excluding hydrogens is 260 g/mol. The van der Waals surface area contributed by atoms with E-state index < -0.39 is 0 Å². The van der Waals surface area contributed by atoms with Crippen molar-refractivity contribution in [2.45, 2.75) is 6.92 Å². The molecule has 0 spiro atoms. The van der Waals surface area contributed by atoms with Gasteiger partial charge in [0.05, 0.1) is 5.56 Å². The molecule has 4 heteroatoms. The highest BCUT2D eigenvalue weighted by Crippen LogP contribution is 2.31. The number of benzene rings is 2. The normalized spacial score (nSPS) is 9.89. The molecule has 0 aliphatic rings. The molecule has 0 unspecified atom stereocenters. The zero-order valence-electron chi connectivity index (χ0n) is 10.3. The van der Waals surface area contributed by atoms with Crippen LogP contribution in [0.25, 0.3) is 22.2 Å². The maximum atomic E-state index is 9.27. The molecule has 0 amide bonds. The highest BCUT2D eigenvalue weighted by molar-refractivity contribution is 5.88. The molecule has 0 saturated heterocycles. The van der Waals surface area contributed by atoms with Crippen LogP contribution in [0.3, 0.4) is 0 Å². The van der Waals surface area contributed by atoms with Gasteiger partial charge in [0, 0.05) is 0 Å². The summed E-state index contributed by atoms with van der Waals surface area (Å²) in [7, 11) is 0. The van der Waals surface area contributed by atoms with E-state index in [0.717, 1.165) is 16.7 Å². The minimum absolute atomic E-state index is 0. The first-order chi connectivity index (χ1) is 8.81. The number of fused-ring (bicyclic) bond motifs is 1. The highest BCUT2D eigenvalue weighted by atomic mass is 35.5. The smallest absolute Gasteiger partial charge is 0.182 e. The maximum absolute atomic E-state index is 9.27. The topological polar surface area (TPSA) is 49.8 Å². The van der Waals surface area contributed by atoms with Crippen LogP contribution in [-0.2, 0) is 0 Å². The minimum Gasteiger partial charge on any atom is -0.443 e. The SMILES string of the molecule is Cc1c(-c2ccccc2)cc2ocnc2c1C#N.Cl. The Kier molecular flexibility index (Phi) is 3.55. The predicted octanol–water partition coefficient (Wildman–Crippen LogP) is 4.10. The molecule has 0 bridgehead atoms. The van der Waals surface area contributed by atoms with Crippen LogP contribution < -0.4 is 0 Å². The second-order valence-electron chi connectivity index (χ2n) is 4.10. The van der Waals surface area contributed by atoms with Crippen LogP contribution in [0.4, 0.5) is 0 Å². The van der Waals surface area contributed by atoms with Gasteiger partial charge in [0.1, 0.15) is 11.6 Å². The number of nitriles is 1. The van der Waals surface area contributed by atoms with Gasteiger partial charge in [-0.15, -0.1) is 12.4 Å². The monoisotopic (exact) mass is 270 g/mol. The van der Waals surface area contributed by atoms with Crippen molar-refractivity contribution >= 4 is 23.5 Å². The van der Waals surface area contributed by atoms with Gasteiger partial charge in [-0.25, -0.2) is 4.98 Å². The van der Waals surface area contributed by atoms with E-state index in [2.05, 4.69) is 11.1 Å². The third kappa shape index (κ3) is 2.07. The van der Waals surface area contributed by atoms with E-state index >= 15 is 0 Å². The zero-order valence-corrected chi connectivity index (χ0v) is 11.1. The molecule has 3 aromatic rings. The van der Waals surface area contributed by atoms with Gasteiger partial charge in [-0.1, -0.05) is 30.3 Å². The third-order valence-electron chi connectivity index (χ3n) is 3.08. The standard InChI is InChI=1S/C15H10N2O.ClH/c1-10-12(11-5-3-2-4-6-11)7-14-15(13(10)8-16)17-9-18-14;/h2-7,9H,1H3;1H. The quantitative estimate of drug-likeness (QED) is 0.669. The van der Waals surface area contributed by atoms with Crippen molar-refractivity contribution in [3.05, 3.63) is 53.9 Å². The van der Waals surface area contributed by atoms with Gasteiger partial charge in [-0.2, -0.15) is 5.26 Å². The Morgan fingerprint density at radius 3 is 2.63 bits per heavy atom. The molecule has 0 saturated carbocycles.